The van der Waals surface area contributed by atoms with Gasteiger partial charge in [-0.25, -0.2) is 0 Å². The number of amides is 1. The Hall–Kier alpha value is -4.06. The van der Waals surface area contributed by atoms with Crippen LogP contribution in [0.1, 0.15) is 60.4 Å². The van der Waals surface area contributed by atoms with Crippen LogP contribution >= 0.6 is 0 Å². The number of aryl methyl sites for hydroxylation is 2. The van der Waals surface area contributed by atoms with Crippen molar-refractivity contribution in [1.82, 2.24) is 20.5 Å². The fourth-order valence-electron chi connectivity index (χ4n) is 6.26. The Morgan fingerprint density at radius 1 is 1.14 bits per heavy atom. The van der Waals surface area contributed by atoms with Crippen molar-refractivity contribution in [3.05, 3.63) is 89.4 Å². The Morgan fingerprint density at radius 2 is 1.94 bits per heavy atom. The van der Waals surface area contributed by atoms with Gasteiger partial charge >= 0.3 is 0 Å². The highest BCUT2D eigenvalue weighted by Crippen LogP contribution is 2.38. The predicted octanol–water partition coefficient (Wildman–Crippen LogP) is 5.95. The first-order chi connectivity index (χ1) is 23.7. The first-order valence-electron chi connectivity index (χ1n) is 17.2. The van der Waals surface area contributed by atoms with Crippen LogP contribution in [0.3, 0.4) is 0 Å². The van der Waals surface area contributed by atoms with E-state index in [1.54, 1.807) is 0 Å². The quantitative estimate of drug-likeness (QED) is 0.101. The van der Waals surface area contributed by atoms with Crippen LogP contribution in [0.2, 0.25) is 13.1 Å². The maximum Gasteiger partial charge on any atom is 0.254 e. The average Bonchev–Trinajstić information content (AvgIpc) is 3.56. The lowest BCUT2D eigenvalue weighted by atomic mass is 9.89. The van der Waals surface area contributed by atoms with Crippen molar-refractivity contribution in [3.8, 4) is 11.8 Å². The third-order valence-corrected chi connectivity index (χ3v) is 9.89. The van der Waals surface area contributed by atoms with Gasteiger partial charge in [-0.2, -0.15) is 5.10 Å². The van der Waals surface area contributed by atoms with Crippen molar-refractivity contribution in [3.63, 3.8) is 0 Å². The largest absolute Gasteiger partial charge is 0.400 e. The monoisotopic (exact) mass is 695 g/mol. The SMILES string of the molecule is C[SiH2]OC(O[SiH2]C)C(C)(C)CC#CCNC(=O)c1ccccc1N(c1ccc2cn[nH]c2c1)C1OCCCC1C=Cc1cc(C)cc(C)n1. The molecule has 2 unspecified atom stereocenters. The zero-order valence-corrected chi connectivity index (χ0v) is 32.4. The van der Waals surface area contributed by atoms with E-state index in [-0.39, 0.29) is 36.3 Å². The average molecular weight is 696 g/mol. The number of fused-ring (bicyclic) bond motifs is 1. The number of hydrogen-bond donors (Lipinski definition) is 2. The minimum Gasteiger partial charge on any atom is -0.400 e. The Balaban J connectivity index is 1.42. The third-order valence-electron chi connectivity index (χ3n) is 8.62. The number of ether oxygens (including phenoxy) is 1. The summed E-state index contributed by atoms with van der Waals surface area (Å²) in [6, 6.07) is 18.0. The lowest BCUT2D eigenvalue weighted by Crippen LogP contribution is -2.43. The first kappa shape index (κ1) is 36.2. The lowest BCUT2D eigenvalue weighted by molar-refractivity contribution is -0.0763. The number of nitrogens with zero attached hydrogens (tertiary/aromatic N) is 3. The highest BCUT2D eigenvalue weighted by atomic mass is 28.2. The summed E-state index contributed by atoms with van der Waals surface area (Å²) in [5.74, 6) is 6.25. The van der Waals surface area contributed by atoms with E-state index in [2.05, 4.69) is 103 Å². The maximum absolute atomic E-state index is 13.8. The molecule has 1 aliphatic rings. The molecule has 1 fully saturated rings. The normalized spacial score (nSPS) is 17.6. The van der Waals surface area contributed by atoms with Crippen LogP contribution in [-0.4, -0.2) is 66.3 Å². The smallest absolute Gasteiger partial charge is 0.254 e. The van der Waals surface area contributed by atoms with Gasteiger partial charge < -0.3 is 23.8 Å². The molecule has 9 nitrogen and oxygen atoms in total. The second-order valence-corrected chi connectivity index (χ2v) is 14.9. The van der Waals surface area contributed by atoms with Gasteiger partial charge in [0, 0.05) is 41.1 Å². The fourth-order valence-corrected chi connectivity index (χ4v) is 8.15. The Bertz CT molecular complexity index is 1790. The molecule has 4 aromatic rings. The van der Waals surface area contributed by atoms with Gasteiger partial charge in [-0.05, 0) is 80.8 Å². The molecule has 2 N–H and O–H groups in total. The molecule has 0 radical (unpaired) electrons. The van der Waals surface area contributed by atoms with Crippen LogP contribution in [0.25, 0.3) is 17.0 Å². The molecule has 11 heteroatoms. The van der Waals surface area contributed by atoms with E-state index in [0.29, 0.717) is 18.6 Å². The standard InChI is InChI=1S/C38H49N5O4Si2/c1-26-22-27(2)41-30(23-26)17-15-28-12-11-21-45-36(28)43(31-18-16-29-25-40-42-33(29)24-31)34-14-8-7-13-32(34)35(44)39-20-10-9-19-38(3,4)37(46-48-5)47-49-6/h7-8,13-18,22-25,28,36-37H,11-12,19-21,48-49H2,1-6H3,(H,39,44)(H,40,42). The number of anilines is 2. The summed E-state index contributed by atoms with van der Waals surface area (Å²) in [5, 5.41) is 11.4. The summed E-state index contributed by atoms with van der Waals surface area (Å²) in [5.41, 5.74) is 5.97. The molecule has 3 heterocycles. The van der Waals surface area contributed by atoms with Crippen molar-refractivity contribution in [2.75, 3.05) is 18.1 Å². The summed E-state index contributed by atoms with van der Waals surface area (Å²) in [4.78, 5) is 20.7. The highest BCUT2D eigenvalue weighted by Gasteiger charge is 2.33. The second-order valence-electron chi connectivity index (χ2n) is 13.1. The van der Waals surface area contributed by atoms with E-state index in [1.807, 2.05) is 43.5 Å². The Morgan fingerprint density at radius 3 is 2.71 bits per heavy atom. The molecule has 1 amide bonds. The van der Waals surface area contributed by atoms with Gasteiger partial charge in [-0.1, -0.05) is 51.1 Å². The van der Waals surface area contributed by atoms with E-state index in [9.17, 15) is 4.79 Å². The molecule has 49 heavy (non-hydrogen) atoms. The Labute approximate surface area is 295 Å². The molecule has 1 aliphatic heterocycles. The van der Waals surface area contributed by atoms with Gasteiger partial charge in [0.25, 0.3) is 5.91 Å². The number of aromatic amines is 1. The zero-order chi connectivity index (χ0) is 34.8. The van der Waals surface area contributed by atoms with Gasteiger partial charge in [0.05, 0.1) is 35.2 Å². The molecular formula is C38H49N5O4Si2. The molecule has 2 aromatic carbocycles. The number of benzene rings is 2. The summed E-state index contributed by atoms with van der Waals surface area (Å²) < 4.78 is 18.5. The third kappa shape index (κ3) is 9.35. The van der Waals surface area contributed by atoms with Crippen molar-refractivity contribution in [1.29, 1.82) is 0 Å². The molecule has 0 spiro atoms. The summed E-state index contributed by atoms with van der Waals surface area (Å²) in [7, 11) is -1.21. The first-order valence-corrected chi connectivity index (χ1v) is 21.2. The van der Waals surface area contributed by atoms with E-state index in [4.69, 9.17) is 18.6 Å². The molecule has 1 saturated heterocycles. The van der Waals surface area contributed by atoms with Crippen molar-refractivity contribution in [2.45, 2.75) is 72.6 Å². The summed E-state index contributed by atoms with van der Waals surface area (Å²) >= 11 is 0. The lowest BCUT2D eigenvalue weighted by Gasteiger charge is -2.40. The van der Waals surface area contributed by atoms with Gasteiger partial charge in [0.2, 0.25) is 0 Å². The molecule has 5 rings (SSSR count). The molecule has 0 saturated carbocycles. The van der Waals surface area contributed by atoms with E-state index < -0.39 is 19.5 Å². The highest BCUT2D eigenvalue weighted by molar-refractivity contribution is 6.26. The van der Waals surface area contributed by atoms with Crippen LogP contribution in [0.4, 0.5) is 11.4 Å². The number of carbonyl (C=O) groups is 1. The molecule has 2 atom stereocenters. The number of para-hydroxylation sites is 1. The van der Waals surface area contributed by atoms with Crippen molar-refractivity contribution < 1.29 is 18.4 Å². The van der Waals surface area contributed by atoms with Crippen LogP contribution in [-0.2, 0) is 13.6 Å². The Kier molecular flexibility index (Phi) is 12.6. The van der Waals surface area contributed by atoms with Crippen molar-refractivity contribution >= 4 is 53.8 Å². The maximum atomic E-state index is 13.8. The van der Waals surface area contributed by atoms with E-state index in [0.717, 1.165) is 46.5 Å². The second kappa shape index (κ2) is 17.0. The zero-order valence-electron chi connectivity index (χ0n) is 29.6. The summed E-state index contributed by atoms with van der Waals surface area (Å²) in [6.45, 7) is 13.4. The molecule has 2 aromatic heterocycles. The molecule has 258 valence electrons. The van der Waals surface area contributed by atoms with Crippen LogP contribution < -0.4 is 10.2 Å². The van der Waals surface area contributed by atoms with Crippen LogP contribution in [0, 0.1) is 37.0 Å². The summed E-state index contributed by atoms with van der Waals surface area (Å²) in [6.07, 6.45) is 8.02. The number of H-pyrrole nitrogens is 1. The van der Waals surface area contributed by atoms with Crippen LogP contribution in [0.5, 0.6) is 0 Å². The predicted molar refractivity (Wildman–Crippen MR) is 203 cm³/mol. The molecular weight excluding hydrogens is 647 g/mol. The van der Waals surface area contributed by atoms with E-state index in [1.165, 1.54) is 5.56 Å². The van der Waals surface area contributed by atoms with Crippen molar-refractivity contribution in [2.24, 2.45) is 11.3 Å². The number of rotatable bonds is 13. The van der Waals surface area contributed by atoms with Gasteiger partial charge in [0.1, 0.15) is 12.5 Å². The topological polar surface area (TPSA) is 102 Å². The number of pyridine rings is 1. The minimum absolute atomic E-state index is 0.0432. The molecule has 0 bridgehead atoms. The number of hydrogen-bond acceptors (Lipinski definition) is 7. The van der Waals surface area contributed by atoms with Gasteiger partial charge in [-0.3, -0.25) is 14.9 Å². The fraction of sp³-hybridized carbons (Fsp3) is 0.395. The minimum atomic E-state index is -0.607. The molecule has 0 aliphatic carbocycles. The van der Waals surface area contributed by atoms with Gasteiger partial charge in [0.15, 0.2) is 19.5 Å². The number of aromatic nitrogens is 3. The van der Waals surface area contributed by atoms with E-state index >= 15 is 0 Å². The number of carbonyl (C=O) groups excluding carboxylic acids is 1. The number of nitrogens with one attached hydrogen (secondary N) is 2. The van der Waals surface area contributed by atoms with Crippen LogP contribution in [0.15, 0.2) is 66.9 Å². The van der Waals surface area contributed by atoms with Gasteiger partial charge in [-0.15, -0.1) is 5.92 Å².